The third-order valence-electron chi connectivity index (χ3n) is 6.64. The third kappa shape index (κ3) is 4.38. The molecule has 0 spiro atoms. The molecular weight excluding hydrogens is 396 g/mol. The minimum Gasteiger partial charge on any atom is -0.0622 e. The normalized spacial score (nSPS) is 11.2. The highest BCUT2D eigenvalue weighted by Gasteiger charge is 2.19. The zero-order valence-electron chi connectivity index (χ0n) is 19.3. The molecule has 0 nitrogen and oxygen atoms in total. The molecule has 0 heterocycles. The van der Waals surface area contributed by atoms with Gasteiger partial charge in [0.25, 0.3) is 0 Å². The molecule has 160 valence electrons. The monoisotopic (exact) mass is 424 g/mol. The second-order valence-corrected chi connectivity index (χ2v) is 8.68. The van der Waals surface area contributed by atoms with Crippen LogP contribution in [0, 0.1) is 13.8 Å². The van der Waals surface area contributed by atoms with E-state index in [0.717, 1.165) is 6.42 Å². The summed E-state index contributed by atoms with van der Waals surface area (Å²) in [7, 11) is 0. The standard InChI is InChI=1S/C18H14.C15H14/c1-3-7-15(8-4-1)17-11-13-18(14-12-17)16-9-5-2-6-10-16;1-10-7-8-14-13-6-4-3-5-12(13)9-15(14)11(10)2/h1-14H;3-8H,9H2,1-2H3. The van der Waals surface area contributed by atoms with Gasteiger partial charge in [-0.05, 0) is 75.9 Å². The maximum atomic E-state index is 2.27. The van der Waals surface area contributed by atoms with Crippen LogP contribution in [0.3, 0.4) is 0 Å². The van der Waals surface area contributed by atoms with Crippen molar-refractivity contribution >= 4 is 0 Å². The van der Waals surface area contributed by atoms with Gasteiger partial charge in [0, 0.05) is 0 Å². The van der Waals surface area contributed by atoms with Gasteiger partial charge >= 0.3 is 0 Å². The van der Waals surface area contributed by atoms with Gasteiger partial charge in [0.1, 0.15) is 0 Å². The van der Waals surface area contributed by atoms with Crippen molar-refractivity contribution < 1.29 is 0 Å². The molecule has 0 atom stereocenters. The SMILES string of the molecule is Cc1ccc2c(c1C)Cc1ccccc1-2.c1ccc(-c2ccc(-c3ccccc3)cc2)cc1. The quantitative estimate of drug-likeness (QED) is 0.260. The van der Waals surface area contributed by atoms with Crippen molar-refractivity contribution in [2.45, 2.75) is 20.3 Å². The van der Waals surface area contributed by atoms with Crippen molar-refractivity contribution in [1.29, 1.82) is 0 Å². The van der Waals surface area contributed by atoms with E-state index in [-0.39, 0.29) is 0 Å². The van der Waals surface area contributed by atoms with Gasteiger partial charge < -0.3 is 0 Å². The Hall–Kier alpha value is -3.90. The predicted molar refractivity (Wildman–Crippen MR) is 141 cm³/mol. The van der Waals surface area contributed by atoms with E-state index in [0.29, 0.717) is 0 Å². The lowest BCUT2D eigenvalue weighted by atomic mass is 9.98. The van der Waals surface area contributed by atoms with Gasteiger partial charge in [-0.25, -0.2) is 0 Å². The van der Waals surface area contributed by atoms with Crippen molar-refractivity contribution in [3.8, 4) is 33.4 Å². The molecule has 6 rings (SSSR count). The molecule has 0 aromatic heterocycles. The first-order valence-corrected chi connectivity index (χ1v) is 11.6. The highest BCUT2D eigenvalue weighted by molar-refractivity contribution is 5.78. The first-order chi connectivity index (χ1) is 16.2. The van der Waals surface area contributed by atoms with E-state index in [1.807, 2.05) is 12.1 Å². The van der Waals surface area contributed by atoms with Crippen molar-refractivity contribution in [1.82, 2.24) is 0 Å². The predicted octanol–water partition coefficient (Wildman–Crippen LogP) is 8.90. The van der Waals surface area contributed by atoms with Gasteiger partial charge in [0.05, 0.1) is 0 Å². The van der Waals surface area contributed by atoms with Gasteiger partial charge in [-0.2, -0.15) is 0 Å². The molecule has 0 bridgehead atoms. The summed E-state index contributed by atoms with van der Waals surface area (Å²) in [6.07, 6.45) is 1.11. The Morgan fingerprint density at radius 3 is 1.48 bits per heavy atom. The summed E-state index contributed by atoms with van der Waals surface area (Å²) in [5.74, 6) is 0. The van der Waals surface area contributed by atoms with Gasteiger partial charge in [-0.3, -0.25) is 0 Å². The van der Waals surface area contributed by atoms with Crippen LogP contribution < -0.4 is 0 Å². The van der Waals surface area contributed by atoms with Crippen molar-refractivity contribution in [2.75, 3.05) is 0 Å². The Labute approximate surface area is 197 Å². The minimum atomic E-state index is 1.11. The second-order valence-electron chi connectivity index (χ2n) is 8.68. The first-order valence-electron chi connectivity index (χ1n) is 11.6. The first kappa shape index (κ1) is 21.0. The molecule has 5 aromatic rings. The van der Waals surface area contributed by atoms with Gasteiger partial charge in [-0.15, -0.1) is 0 Å². The Bertz CT molecular complexity index is 1300. The molecule has 33 heavy (non-hydrogen) atoms. The topological polar surface area (TPSA) is 0 Å². The average molecular weight is 425 g/mol. The number of hydrogen-bond donors (Lipinski definition) is 0. The van der Waals surface area contributed by atoms with E-state index < -0.39 is 0 Å². The molecule has 0 N–H and O–H groups in total. The zero-order valence-corrected chi connectivity index (χ0v) is 19.3. The fourth-order valence-corrected chi connectivity index (χ4v) is 4.60. The molecule has 1 aliphatic carbocycles. The number of aryl methyl sites for hydroxylation is 1. The van der Waals surface area contributed by atoms with Gasteiger partial charge in [0.2, 0.25) is 0 Å². The summed E-state index contributed by atoms with van der Waals surface area (Å²) >= 11 is 0. The molecule has 0 fully saturated rings. The largest absolute Gasteiger partial charge is 0.0622 e. The molecule has 0 radical (unpaired) electrons. The maximum absolute atomic E-state index is 2.27. The molecule has 1 aliphatic rings. The molecular formula is C33H28. The summed E-state index contributed by atoms with van der Waals surface area (Å²) in [6, 6.07) is 42.9. The summed E-state index contributed by atoms with van der Waals surface area (Å²) in [5, 5.41) is 0. The van der Waals surface area contributed by atoms with Crippen molar-refractivity contribution in [2.24, 2.45) is 0 Å². The van der Waals surface area contributed by atoms with Crippen LogP contribution >= 0.6 is 0 Å². The van der Waals surface area contributed by atoms with Crippen LogP contribution in [0.25, 0.3) is 33.4 Å². The van der Waals surface area contributed by atoms with Crippen molar-refractivity contribution in [3.63, 3.8) is 0 Å². The van der Waals surface area contributed by atoms with Crippen LogP contribution in [0.5, 0.6) is 0 Å². The molecule has 0 aliphatic heterocycles. The van der Waals surface area contributed by atoms with E-state index >= 15 is 0 Å². The number of rotatable bonds is 2. The van der Waals surface area contributed by atoms with E-state index in [1.165, 1.54) is 55.6 Å². The Balaban J connectivity index is 0.000000140. The highest BCUT2D eigenvalue weighted by Crippen LogP contribution is 2.38. The van der Waals surface area contributed by atoms with Crippen LogP contribution in [0.15, 0.2) is 121 Å². The maximum Gasteiger partial charge on any atom is -0.00107 e. The summed E-state index contributed by atoms with van der Waals surface area (Å²) in [6.45, 7) is 4.43. The summed E-state index contributed by atoms with van der Waals surface area (Å²) in [5.41, 5.74) is 13.8. The number of fused-ring (bicyclic) bond motifs is 3. The van der Waals surface area contributed by atoms with E-state index in [9.17, 15) is 0 Å². The van der Waals surface area contributed by atoms with Crippen LogP contribution in [-0.4, -0.2) is 0 Å². The lowest BCUT2D eigenvalue weighted by Crippen LogP contribution is -1.89. The number of benzene rings is 5. The average Bonchev–Trinajstić information content (AvgIpc) is 3.27. The van der Waals surface area contributed by atoms with Crippen LogP contribution in [0.4, 0.5) is 0 Å². The number of hydrogen-bond acceptors (Lipinski definition) is 0. The summed E-state index contributed by atoms with van der Waals surface area (Å²) in [4.78, 5) is 0. The molecule has 0 unspecified atom stereocenters. The molecule has 5 aromatic carbocycles. The van der Waals surface area contributed by atoms with Crippen molar-refractivity contribution in [3.05, 3.63) is 144 Å². The Morgan fingerprint density at radius 2 is 0.909 bits per heavy atom. The second kappa shape index (κ2) is 9.30. The minimum absolute atomic E-state index is 1.11. The Kier molecular flexibility index (Phi) is 5.91. The molecule has 0 heteroatoms. The van der Waals surface area contributed by atoms with Gasteiger partial charge in [0.15, 0.2) is 0 Å². The highest BCUT2D eigenvalue weighted by atomic mass is 14.2. The van der Waals surface area contributed by atoms with Crippen LogP contribution in [0.2, 0.25) is 0 Å². The van der Waals surface area contributed by atoms with E-state index in [2.05, 4.69) is 123 Å². The molecule has 0 saturated carbocycles. The lowest BCUT2D eigenvalue weighted by Gasteiger charge is -2.06. The van der Waals surface area contributed by atoms with Crippen LogP contribution in [0.1, 0.15) is 22.3 Å². The smallest absolute Gasteiger partial charge is 0.00107 e. The molecule has 0 amide bonds. The third-order valence-corrected chi connectivity index (χ3v) is 6.64. The fourth-order valence-electron chi connectivity index (χ4n) is 4.60. The van der Waals surface area contributed by atoms with Gasteiger partial charge in [-0.1, -0.05) is 121 Å². The zero-order chi connectivity index (χ0) is 22.6. The van der Waals surface area contributed by atoms with Crippen LogP contribution in [-0.2, 0) is 6.42 Å². The van der Waals surface area contributed by atoms with E-state index in [4.69, 9.17) is 0 Å². The Morgan fingerprint density at radius 1 is 0.424 bits per heavy atom. The summed E-state index contributed by atoms with van der Waals surface area (Å²) < 4.78 is 0. The van der Waals surface area contributed by atoms with E-state index in [1.54, 1.807) is 0 Å². The molecule has 0 saturated heterocycles. The fraction of sp³-hybridized carbons (Fsp3) is 0.0909. The lowest BCUT2D eigenvalue weighted by molar-refractivity contribution is 1.19.